The SMILES string of the molecule is CCOC(=O)C1CCN(c2nc(-c3ccccc3OCc3ccc(-c4cccc(OC)c4)cc3)cs2)CC1. The molecule has 0 amide bonds. The zero-order chi connectivity index (χ0) is 26.3. The number of anilines is 1. The summed E-state index contributed by atoms with van der Waals surface area (Å²) in [5.74, 6) is 1.57. The molecule has 4 aromatic rings. The van der Waals surface area contributed by atoms with E-state index in [2.05, 4.69) is 40.6 Å². The van der Waals surface area contributed by atoms with Gasteiger partial charge in [-0.3, -0.25) is 4.79 Å². The molecule has 38 heavy (non-hydrogen) atoms. The number of ether oxygens (including phenoxy) is 3. The first-order valence-electron chi connectivity index (χ1n) is 13.0. The third-order valence-electron chi connectivity index (χ3n) is 6.79. The Balaban J connectivity index is 1.23. The van der Waals surface area contributed by atoms with Crippen LogP contribution in [0.25, 0.3) is 22.4 Å². The molecule has 0 aliphatic carbocycles. The van der Waals surface area contributed by atoms with E-state index in [1.165, 1.54) is 0 Å². The number of piperidine rings is 1. The van der Waals surface area contributed by atoms with Gasteiger partial charge >= 0.3 is 5.97 Å². The topological polar surface area (TPSA) is 60.9 Å². The Morgan fingerprint density at radius 2 is 1.79 bits per heavy atom. The number of methoxy groups -OCH3 is 1. The average molecular weight is 529 g/mol. The zero-order valence-corrected chi connectivity index (χ0v) is 22.6. The molecule has 7 heteroatoms. The molecule has 0 unspecified atom stereocenters. The summed E-state index contributed by atoms with van der Waals surface area (Å²) < 4.78 is 16.8. The van der Waals surface area contributed by atoms with Gasteiger partial charge in [-0.15, -0.1) is 11.3 Å². The van der Waals surface area contributed by atoms with Crippen LogP contribution in [0.1, 0.15) is 25.3 Å². The van der Waals surface area contributed by atoms with E-state index < -0.39 is 0 Å². The van der Waals surface area contributed by atoms with Gasteiger partial charge in [0.2, 0.25) is 0 Å². The van der Waals surface area contributed by atoms with Gasteiger partial charge in [0, 0.05) is 24.0 Å². The van der Waals surface area contributed by atoms with Gasteiger partial charge in [-0.25, -0.2) is 4.98 Å². The van der Waals surface area contributed by atoms with Gasteiger partial charge in [0.1, 0.15) is 18.1 Å². The van der Waals surface area contributed by atoms with Crippen LogP contribution < -0.4 is 14.4 Å². The molecular formula is C31H32N2O4S. The van der Waals surface area contributed by atoms with Gasteiger partial charge in [0.25, 0.3) is 0 Å². The quantitative estimate of drug-likeness (QED) is 0.222. The predicted molar refractivity (Wildman–Crippen MR) is 152 cm³/mol. The summed E-state index contributed by atoms with van der Waals surface area (Å²) in [5, 5.41) is 3.06. The molecule has 1 fully saturated rings. The molecular weight excluding hydrogens is 496 g/mol. The second-order valence-corrected chi connectivity index (χ2v) is 10.1. The van der Waals surface area contributed by atoms with E-state index in [0.717, 1.165) is 70.5 Å². The molecule has 6 nitrogen and oxygen atoms in total. The smallest absolute Gasteiger partial charge is 0.309 e. The van der Waals surface area contributed by atoms with Gasteiger partial charge < -0.3 is 19.1 Å². The number of para-hydroxylation sites is 1. The van der Waals surface area contributed by atoms with Crippen molar-refractivity contribution in [1.29, 1.82) is 0 Å². The summed E-state index contributed by atoms with van der Waals surface area (Å²) in [6.07, 6.45) is 1.59. The average Bonchev–Trinajstić information content (AvgIpc) is 3.47. The summed E-state index contributed by atoms with van der Waals surface area (Å²) in [6, 6.07) is 24.5. The number of nitrogens with zero attached hydrogens (tertiary/aromatic N) is 2. The van der Waals surface area contributed by atoms with E-state index in [9.17, 15) is 4.79 Å². The van der Waals surface area contributed by atoms with Gasteiger partial charge in [-0.05, 0) is 60.7 Å². The van der Waals surface area contributed by atoms with Crippen molar-refractivity contribution in [2.45, 2.75) is 26.4 Å². The Morgan fingerprint density at radius 1 is 1.00 bits per heavy atom. The van der Waals surface area contributed by atoms with Crippen molar-refractivity contribution in [2.24, 2.45) is 5.92 Å². The fourth-order valence-electron chi connectivity index (χ4n) is 4.66. The molecule has 1 aliphatic rings. The summed E-state index contributed by atoms with van der Waals surface area (Å²) in [7, 11) is 1.68. The Kier molecular flexibility index (Phi) is 8.24. The predicted octanol–water partition coefficient (Wildman–Crippen LogP) is 6.84. The fourth-order valence-corrected chi connectivity index (χ4v) is 5.54. The standard InChI is InChI=1S/C31H32N2O4S/c1-3-36-30(34)24-15-17-33(18-16-24)31-32-28(21-38-31)27-9-4-5-10-29(27)37-20-22-11-13-23(14-12-22)25-7-6-8-26(19-25)35-2/h4-14,19,21,24H,3,15-18,20H2,1-2H3. The maximum absolute atomic E-state index is 12.1. The van der Waals surface area contributed by atoms with Gasteiger partial charge in [-0.1, -0.05) is 48.5 Å². The molecule has 2 heterocycles. The van der Waals surface area contributed by atoms with Crippen molar-refractivity contribution < 1.29 is 19.0 Å². The van der Waals surface area contributed by atoms with Crippen LogP contribution in [0.4, 0.5) is 5.13 Å². The van der Waals surface area contributed by atoms with Gasteiger partial charge in [0.05, 0.1) is 25.3 Å². The monoisotopic (exact) mass is 528 g/mol. The molecule has 0 saturated carbocycles. The third kappa shape index (κ3) is 6.00. The molecule has 0 bridgehead atoms. The molecule has 1 aromatic heterocycles. The van der Waals surface area contributed by atoms with E-state index in [0.29, 0.717) is 13.2 Å². The molecule has 196 valence electrons. The van der Waals surface area contributed by atoms with Crippen LogP contribution in [0.5, 0.6) is 11.5 Å². The van der Waals surface area contributed by atoms with Crippen molar-refractivity contribution in [3.63, 3.8) is 0 Å². The highest BCUT2D eigenvalue weighted by molar-refractivity contribution is 7.14. The number of carbonyl (C=O) groups excluding carboxylic acids is 1. The van der Waals surface area contributed by atoms with E-state index in [4.69, 9.17) is 19.2 Å². The maximum Gasteiger partial charge on any atom is 0.309 e. The lowest BCUT2D eigenvalue weighted by Crippen LogP contribution is -2.36. The minimum absolute atomic E-state index is 0.00986. The lowest BCUT2D eigenvalue weighted by atomic mass is 9.97. The lowest BCUT2D eigenvalue weighted by Gasteiger charge is -2.30. The van der Waals surface area contributed by atoms with Crippen LogP contribution in [0, 0.1) is 5.92 Å². The van der Waals surface area contributed by atoms with Crippen LogP contribution in [-0.4, -0.2) is 37.8 Å². The van der Waals surface area contributed by atoms with E-state index >= 15 is 0 Å². The summed E-state index contributed by atoms with van der Waals surface area (Å²) in [6.45, 7) is 4.37. The Morgan fingerprint density at radius 3 is 2.55 bits per heavy atom. The third-order valence-corrected chi connectivity index (χ3v) is 7.69. The summed E-state index contributed by atoms with van der Waals surface area (Å²) in [5.41, 5.74) is 5.22. The van der Waals surface area contributed by atoms with Gasteiger partial charge in [-0.2, -0.15) is 0 Å². The molecule has 0 spiro atoms. The number of benzene rings is 3. The number of hydrogen-bond donors (Lipinski definition) is 0. The summed E-state index contributed by atoms with van der Waals surface area (Å²) in [4.78, 5) is 19.2. The van der Waals surface area contributed by atoms with Crippen LogP contribution in [0.3, 0.4) is 0 Å². The van der Waals surface area contributed by atoms with Crippen molar-refractivity contribution in [1.82, 2.24) is 4.98 Å². The van der Waals surface area contributed by atoms with Gasteiger partial charge in [0.15, 0.2) is 5.13 Å². The highest BCUT2D eigenvalue weighted by Gasteiger charge is 2.27. The number of rotatable bonds is 9. The number of hydrogen-bond acceptors (Lipinski definition) is 7. The lowest BCUT2D eigenvalue weighted by molar-refractivity contribution is -0.148. The Bertz CT molecular complexity index is 1360. The normalized spacial score (nSPS) is 13.8. The van der Waals surface area contributed by atoms with Crippen LogP contribution in [0.15, 0.2) is 78.2 Å². The molecule has 0 radical (unpaired) electrons. The fraction of sp³-hybridized carbons (Fsp3) is 0.290. The maximum atomic E-state index is 12.1. The first kappa shape index (κ1) is 25.8. The second-order valence-electron chi connectivity index (χ2n) is 9.24. The number of carbonyl (C=O) groups is 1. The van der Waals surface area contributed by atoms with Crippen molar-refractivity contribution in [2.75, 3.05) is 31.7 Å². The molecule has 5 rings (SSSR count). The first-order chi connectivity index (χ1) is 18.6. The number of thiazole rings is 1. The first-order valence-corrected chi connectivity index (χ1v) is 13.8. The number of aromatic nitrogens is 1. The van der Waals surface area contributed by atoms with Crippen LogP contribution in [-0.2, 0) is 16.1 Å². The second kappa shape index (κ2) is 12.1. The largest absolute Gasteiger partial charge is 0.497 e. The van der Waals surface area contributed by atoms with Crippen LogP contribution in [0.2, 0.25) is 0 Å². The highest BCUT2D eigenvalue weighted by Crippen LogP contribution is 2.35. The van der Waals surface area contributed by atoms with E-state index in [1.54, 1.807) is 18.4 Å². The molecule has 3 aromatic carbocycles. The molecule has 0 N–H and O–H groups in total. The Labute approximate surface area is 227 Å². The summed E-state index contributed by atoms with van der Waals surface area (Å²) >= 11 is 1.63. The van der Waals surface area contributed by atoms with E-state index in [1.807, 2.05) is 49.4 Å². The van der Waals surface area contributed by atoms with E-state index in [-0.39, 0.29) is 11.9 Å². The number of esters is 1. The van der Waals surface area contributed by atoms with Crippen LogP contribution >= 0.6 is 11.3 Å². The molecule has 0 atom stereocenters. The molecule has 1 aliphatic heterocycles. The highest BCUT2D eigenvalue weighted by atomic mass is 32.1. The van der Waals surface area contributed by atoms with Crippen molar-refractivity contribution in [3.8, 4) is 33.9 Å². The minimum Gasteiger partial charge on any atom is -0.497 e. The Hall–Kier alpha value is -3.84. The van der Waals surface area contributed by atoms with Crippen molar-refractivity contribution >= 4 is 22.4 Å². The minimum atomic E-state index is -0.0759. The van der Waals surface area contributed by atoms with Crippen molar-refractivity contribution in [3.05, 3.63) is 83.7 Å². The zero-order valence-electron chi connectivity index (χ0n) is 21.8. The molecule has 1 saturated heterocycles.